The molecule has 6 heteroatoms. The second-order valence-corrected chi connectivity index (χ2v) is 6.00. The molecular formula is C21H27FN4O. The normalized spacial score (nSPS) is 11.1. The van der Waals surface area contributed by atoms with Crippen LogP contribution in [0.4, 0.5) is 4.39 Å². The predicted molar refractivity (Wildman–Crippen MR) is 107 cm³/mol. The summed E-state index contributed by atoms with van der Waals surface area (Å²) < 4.78 is 13.6. The molecule has 0 aliphatic carbocycles. The van der Waals surface area contributed by atoms with Gasteiger partial charge in [-0.25, -0.2) is 4.39 Å². The van der Waals surface area contributed by atoms with Gasteiger partial charge in [0.1, 0.15) is 5.82 Å². The molecule has 2 aromatic carbocycles. The van der Waals surface area contributed by atoms with Gasteiger partial charge in [-0.2, -0.15) is 0 Å². The molecule has 0 saturated carbocycles. The van der Waals surface area contributed by atoms with Crippen molar-refractivity contribution in [1.82, 2.24) is 16.0 Å². The largest absolute Gasteiger partial charge is 0.357 e. The Hall–Kier alpha value is -2.89. The fourth-order valence-electron chi connectivity index (χ4n) is 2.52. The lowest BCUT2D eigenvalue weighted by Gasteiger charge is -2.11. The number of halogens is 1. The van der Waals surface area contributed by atoms with Gasteiger partial charge in [0.2, 0.25) is 0 Å². The van der Waals surface area contributed by atoms with Gasteiger partial charge in [0.15, 0.2) is 5.96 Å². The zero-order valence-electron chi connectivity index (χ0n) is 15.7. The second-order valence-electron chi connectivity index (χ2n) is 6.00. The van der Waals surface area contributed by atoms with Gasteiger partial charge in [0.25, 0.3) is 5.91 Å². The van der Waals surface area contributed by atoms with E-state index in [1.54, 1.807) is 24.3 Å². The minimum absolute atomic E-state index is 0.0745. The van der Waals surface area contributed by atoms with Crippen LogP contribution >= 0.6 is 0 Å². The van der Waals surface area contributed by atoms with Crippen LogP contribution in [0.1, 0.15) is 29.3 Å². The Balaban J connectivity index is 1.70. The molecule has 3 N–H and O–H groups in total. The van der Waals surface area contributed by atoms with E-state index in [9.17, 15) is 9.18 Å². The summed E-state index contributed by atoms with van der Waals surface area (Å²) in [6.07, 6.45) is 1.33. The van der Waals surface area contributed by atoms with Crippen molar-refractivity contribution < 1.29 is 9.18 Å². The van der Waals surface area contributed by atoms with E-state index >= 15 is 0 Å². The first-order valence-electron chi connectivity index (χ1n) is 9.29. The van der Waals surface area contributed by atoms with Crippen molar-refractivity contribution in [2.24, 2.45) is 4.99 Å². The Kier molecular flexibility index (Phi) is 8.83. The Labute approximate surface area is 160 Å². The monoisotopic (exact) mass is 370 g/mol. The average Bonchev–Trinajstić information content (AvgIpc) is 2.69. The van der Waals surface area contributed by atoms with E-state index in [-0.39, 0.29) is 11.7 Å². The van der Waals surface area contributed by atoms with Crippen LogP contribution in [-0.4, -0.2) is 38.0 Å². The Morgan fingerprint density at radius 3 is 2.44 bits per heavy atom. The summed E-state index contributed by atoms with van der Waals surface area (Å²) in [7, 11) is 0. The number of benzene rings is 2. The van der Waals surface area contributed by atoms with E-state index in [2.05, 4.69) is 20.9 Å². The predicted octanol–water partition coefficient (Wildman–Crippen LogP) is 2.74. The minimum atomic E-state index is -0.185. The summed E-state index contributed by atoms with van der Waals surface area (Å²) in [6.45, 7) is 4.48. The highest BCUT2D eigenvalue weighted by Crippen LogP contribution is 2.06. The zero-order chi connectivity index (χ0) is 19.3. The number of guanidine groups is 1. The van der Waals surface area contributed by atoms with Crippen molar-refractivity contribution in [1.29, 1.82) is 0 Å². The van der Waals surface area contributed by atoms with Crippen molar-refractivity contribution in [2.75, 3.05) is 26.2 Å². The quantitative estimate of drug-likeness (QED) is 0.361. The SMILES string of the molecule is CCNC(=NCCCNC(=O)c1ccccc1)NCCc1ccccc1F. The van der Waals surface area contributed by atoms with Crippen molar-refractivity contribution in [3.63, 3.8) is 0 Å². The average molecular weight is 370 g/mol. The van der Waals surface area contributed by atoms with Gasteiger partial charge in [-0.1, -0.05) is 36.4 Å². The third kappa shape index (κ3) is 7.48. The highest BCUT2D eigenvalue weighted by molar-refractivity contribution is 5.94. The molecule has 0 unspecified atom stereocenters. The highest BCUT2D eigenvalue weighted by atomic mass is 19.1. The first kappa shape index (κ1) is 20.4. The molecule has 5 nitrogen and oxygen atoms in total. The molecule has 0 fully saturated rings. The van der Waals surface area contributed by atoms with Crippen LogP contribution in [0.15, 0.2) is 59.6 Å². The molecule has 0 aliphatic heterocycles. The molecule has 0 bridgehead atoms. The van der Waals surface area contributed by atoms with Gasteiger partial charge in [-0.15, -0.1) is 0 Å². The van der Waals surface area contributed by atoms with E-state index in [1.165, 1.54) is 6.07 Å². The summed E-state index contributed by atoms with van der Waals surface area (Å²) in [5.41, 5.74) is 1.34. The number of carbonyl (C=O) groups is 1. The van der Waals surface area contributed by atoms with Crippen LogP contribution in [0.3, 0.4) is 0 Å². The van der Waals surface area contributed by atoms with E-state index < -0.39 is 0 Å². The molecule has 144 valence electrons. The number of carbonyl (C=O) groups excluding carboxylic acids is 1. The van der Waals surface area contributed by atoms with Crippen molar-refractivity contribution in [2.45, 2.75) is 19.8 Å². The fraction of sp³-hybridized carbons (Fsp3) is 0.333. The maximum absolute atomic E-state index is 13.6. The van der Waals surface area contributed by atoms with Crippen LogP contribution in [0, 0.1) is 5.82 Å². The number of hydrogen-bond acceptors (Lipinski definition) is 2. The van der Waals surface area contributed by atoms with Crippen molar-refractivity contribution in [3.05, 3.63) is 71.5 Å². The van der Waals surface area contributed by atoms with Crippen LogP contribution in [0.2, 0.25) is 0 Å². The first-order chi connectivity index (χ1) is 13.2. The smallest absolute Gasteiger partial charge is 0.251 e. The maximum Gasteiger partial charge on any atom is 0.251 e. The first-order valence-corrected chi connectivity index (χ1v) is 9.29. The Morgan fingerprint density at radius 2 is 1.70 bits per heavy atom. The molecule has 0 atom stereocenters. The van der Waals surface area contributed by atoms with Crippen molar-refractivity contribution in [3.8, 4) is 0 Å². The maximum atomic E-state index is 13.6. The van der Waals surface area contributed by atoms with E-state index in [1.807, 2.05) is 31.2 Å². The summed E-state index contributed by atoms with van der Waals surface area (Å²) in [5.74, 6) is 0.438. The van der Waals surface area contributed by atoms with Crippen LogP contribution in [0.25, 0.3) is 0 Å². The van der Waals surface area contributed by atoms with E-state index in [4.69, 9.17) is 0 Å². The minimum Gasteiger partial charge on any atom is -0.357 e. The molecule has 0 heterocycles. The second kappa shape index (κ2) is 11.7. The third-order valence-electron chi connectivity index (χ3n) is 3.92. The number of rotatable bonds is 9. The lowest BCUT2D eigenvalue weighted by atomic mass is 10.1. The summed E-state index contributed by atoms with van der Waals surface area (Å²) in [4.78, 5) is 16.4. The molecule has 0 aliphatic rings. The summed E-state index contributed by atoms with van der Waals surface area (Å²) in [5, 5.41) is 9.26. The molecular weight excluding hydrogens is 343 g/mol. The van der Waals surface area contributed by atoms with Crippen molar-refractivity contribution >= 4 is 11.9 Å². The van der Waals surface area contributed by atoms with Gasteiger partial charge < -0.3 is 16.0 Å². The van der Waals surface area contributed by atoms with Gasteiger partial charge in [-0.3, -0.25) is 9.79 Å². The van der Waals surface area contributed by atoms with Crippen LogP contribution in [-0.2, 0) is 6.42 Å². The van der Waals surface area contributed by atoms with Gasteiger partial charge in [-0.05, 0) is 43.5 Å². The van der Waals surface area contributed by atoms with E-state index in [0.29, 0.717) is 43.1 Å². The van der Waals surface area contributed by atoms with Gasteiger partial charge in [0, 0.05) is 31.7 Å². The highest BCUT2D eigenvalue weighted by Gasteiger charge is 2.03. The molecule has 0 spiro atoms. The zero-order valence-corrected chi connectivity index (χ0v) is 15.7. The van der Waals surface area contributed by atoms with E-state index in [0.717, 1.165) is 13.0 Å². The molecule has 0 saturated heterocycles. The number of amides is 1. The number of hydrogen-bond donors (Lipinski definition) is 3. The Bertz CT molecular complexity index is 734. The number of aliphatic imine (C=N–C) groups is 1. The van der Waals surface area contributed by atoms with Gasteiger partial charge >= 0.3 is 0 Å². The number of nitrogens with one attached hydrogen (secondary N) is 3. The molecule has 1 amide bonds. The molecule has 0 radical (unpaired) electrons. The standard InChI is InChI=1S/C21H27FN4O/c1-2-23-21(26-16-13-17-9-6-7-12-19(17)22)25-15-8-14-24-20(27)18-10-4-3-5-11-18/h3-7,9-12H,2,8,13-16H2,1H3,(H,24,27)(H2,23,25,26). The topological polar surface area (TPSA) is 65.5 Å². The Morgan fingerprint density at radius 1 is 0.963 bits per heavy atom. The lowest BCUT2D eigenvalue weighted by Crippen LogP contribution is -2.38. The van der Waals surface area contributed by atoms with Gasteiger partial charge in [0.05, 0.1) is 0 Å². The number of nitrogens with zero attached hydrogens (tertiary/aromatic N) is 1. The molecule has 27 heavy (non-hydrogen) atoms. The third-order valence-corrected chi connectivity index (χ3v) is 3.92. The fourth-order valence-corrected chi connectivity index (χ4v) is 2.52. The summed E-state index contributed by atoms with van der Waals surface area (Å²) >= 11 is 0. The lowest BCUT2D eigenvalue weighted by molar-refractivity contribution is 0.0953. The summed E-state index contributed by atoms with van der Waals surface area (Å²) in [6, 6.07) is 15.9. The van der Waals surface area contributed by atoms with Crippen LogP contribution < -0.4 is 16.0 Å². The van der Waals surface area contributed by atoms with Crippen LogP contribution in [0.5, 0.6) is 0 Å². The molecule has 2 aromatic rings. The molecule has 0 aromatic heterocycles. The molecule has 2 rings (SSSR count).